The van der Waals surface area contributed by atoms with Crippen molar-refractivity contribution in [2.24, 2.45) is 11.7 Å². The van der Waals surface area contributed by atoms with Crippen LogP contribution in [0.5, 0.6) is 0 Å². The van der Waals surface area contributed by atoms with E-state index in [2.05, 4.69) is 16.0 Å². The number of carbonyl (C=O) groups excluding carboxylic acids is 3. The zero-order valence-corrected chi connectivity index (χ0v) is 14.0. The third kappa shape index (κ3) is 8.44. The Hall–Kier alpha value is -2.20. The minimum Gasteiger partial charge on any atom is -0.480 e. The highest BCUT2D eigenvalue weighted by atomic mass is 16.4. The molecular weight excluding hydrogens is 320 g/mol. The lowest BCUT2D eigenvalue weighted by Gasteiger charge is -2.23. The van der Waals surface area contributed by atoms with E-state index in [0.717, 1.165) is 0 Å². The molecule has 0 saturated carbocycles. The quantitative estimate of drug-likeness (QED) is 0.255. The predicted molar refractivity (Wildman–Crippen MR) is 84.7 cm³/mol. The highest BCUT2D eigenvalue weighted by molar-refractivity contribution is 5.93. The number of hydrogen-bond donors (Lipinski definition) is 6. The number of aliphatic hydroxyl groups excluding tert-OH is 1. The molecule has 0 spiro atoms. The number of hydrogen-bond acceptors (Lipinski definition) is 6. The van der Waals surface area contributed by atoms with Crippen molar-refractivity contribution in [2.45, 2.75) is 45.3 Å². The van der Waals surface area contributed by atoms with Crippen molar-refractivity contribution < 1.29 is 29.4 Å². The largest absolute Gasteiger partial charge is 0.480 e. The molecule has 0 aromatic heterocycles. The first kappa shape index (κ1) is 21.8. The number of aliphatic carboxylic acids is 1. The maximum atomic E-state index is 12.1. The average molecular weight is 346 g/mol. The van der Waals surface area contributed by atoms with Gasteiger partial charge >= 0.3 is 5.97 Å². The minimum absolute atomic E-state index is 0.0390. The molecule has 0 fully saturated rings. The van der Waals surface area contributed by atoms with Gasteiger partial charge < -0.3 is 31.9 Å². The van der Waals surface area contributed by atoms with Gasteiger partial charge in [-0.2, -0.15) is 0 Å². The molecular formula is C14H26N4O6. The molecule has 0 aliphatic carbocycles. The maximum Gasteiger partial charge on any atom is 0.322 e. The molecule has 0 radical (unpaired) electrons. The molecule has 3 amide bonds. The summed E-state index contributed by atoms with van der Waals surface area (Å²) in [5, 5.41) is 24.7. The number of nitrogens with one attached hydrogen (secondary N) is 3. The van der Waals surface area contributed by atoms with Crippen LogP contribution in [0.3, 0.4) is 0 Å². The fourth-order valence-electron chi connectivity index (χ4n) is 1.76. The molecule has 3 atom stereocenters. The molecule has 0 aromatic rings. The van der Waals surface area contributed by atoms with Crippen molar-refractivity contribution in [2.75, 3.05) is 13.2 Å². The topological polar surface area (TPSA) is 171 Å². The molecule has 24 heavy (non-hydrogen) atoms. The van der Waals surface area contributed by atoms with E-state index in [-0.39, 0.29) is 12.3 Å². The number of nitrogens with two attached hydrogens (primary N) is 1. The van der Waals surface area contributed by atoms with E-state index in [9.17, 15) is 24.3 Å². The molecule has 7 N–H and O–H groups in total. The molecule has 10 nitrogen and oxygen atoms in total. The molecule has 0 aromatic carbocycles. The van der Waals surface area contributed by atoms with Gasteiger partial charge in [0, 0.05) is 0 Å². The van der Waals surface area contributed by atoms with Crippen LogP contribution >= 0.6 is 0 Å². The molecule has 0 aliphatic rings. The van der Waals surface area contributed by atoms with Crippen molar-refractivity contribution in [3.8, 4) is 0 Å². The van der Waals surface area contributed by atoms with Crippen LogP contribution in [0.1, 0.15) is 27.2 Å². The van der Waals surface area contributed by atoms with E-state index in [1.807, 2.05) is 13.8 Å². The number of carboxylic acids is 1. The van der Waals surface area contributed by atoms with Gasteiger partial charge in [0.05, 0.1) is 12.6 Å². The maximum absolute atomic E-state index is 12.1. The van der Waals surface area contributed by atoms with Gasteiger partial charge in [0.15, 0.2) is 0 Å². The second-order valence-corrected chi connectivity index (χ2v) is 5.83. The number of aliphatic hydroxyl groups is 1. The Morgan fingerprint density at radius 1 is 0.958 bits per heavy atom. The highest BCUT2D eigenvalue weighted by Gasteiger charge is 2.27. The van der Waals surface area contributed by atoms with Crippen LogP contribution < -0.4 is 21.7 Å². The number of carboxylic acid groups (broad SMARTS) is 1. The Morgan fingerprint density at radius 3 is 1.92 bits per heavy atom. The fourth-order valence-corrected chi connectivity index (χ4v) is 1.76. The van der Waals surface area contributed by atoms with E-state index < -0.39 is 55.0 Å². The number of amides is 3. The van der Waals surface area contributed by atoms with Crippen molar-refractivity contribution in [1.82, 2.24) is 16.0 Å². The van der Waals surface area contributed by atoms with Crippen LogP contribution in [0.4, 0.5) is 0 Å². The van der Waals surface area contributed by atoms with Gasteiger partial charge in [-0.25, -0.2) is 0 Å². The van der Waals surface area contributed by atoms with Crippen LogP contribution in [0, 0.1) is 5.92 Å². The van der Waals surface area contributed by atoms with Crippen LogP contribution in [-0.4, -0.2) is 65.2 Å². The normalized spacial score (nSPS) is 14.4. The van der Waals surface area contributed by atoms with Crippen molar-refractivity contribution in [1.29, 1.82) is 0 Å². The average Bonchev–Trinajstić information content (AvgIpc) is 2.48. The Kier molecular flexibility index (Phi) is 9.58. The molecule has 3 unspecified atom stereocenters. The number of carbonyl (C=O) groups is 4. The lowest BCUT2D eigenvalue weighted by Crippen LogP contribution is -2.57. The van der Waals surface area contributed by atoms with E-state index in [1.54, 1.807) is 0 Å². The summed E-state index contributed by atoms with van der Waals surface area (Å²) in [6.45, 7) is 3.82. The van der Waals surface area contributed by atoms with Crippen molar-refractivity contribution in [3.63, 3.8) is 0 Å². The van der Waals surface area contributed by atoms with Gasteiger partial charge in [0.2, 0.25) is 17.7 Å². The lowest BCUT2D eigenvalue weighted by atomic mass is 10.0. The predicted octanol–water partition coefficient (Wildman–Crippen LogP) is -2.46. The summed E-state index contributed by atoms with van der Waals surface area (Å²) in [5.74, 6) is -3.22. The SMILES string of the molecule is CC(C)CC(NC(=O)C(CO)NC(=O)C(C)N)C(=O)NCC(=O)O. The van der Waals surface area contributed by atoms with Gasteiger partial charge in [-0.05, 0) is 19.3 Å². The monoisotopic (exact) mass is 346 g/mol. The van der Waals surface area contributed by atoms with E-state index in [1.165, 1.54) is 6.92 Å². The standard InChI is InChI=1S/C14H26N4O6/c1-7(2)4-9(13(23)16-5-11(20)21)17-14(24)10(6-19)18-12(22)8(3)15/h7-10,19H,4-6,15H2,1-3H3,(H,16,23)(H,17,24)(H,18,22)(H,20,21). The highest BCUT2D eigenvalue weighted by Crippen LogP contribution is 2.05. The Balaban J connectivity index is 4.90. The Morgan fingerprint density at radius 2 is 1.50 bits per heavy atom. The second-order valence-electron chi connectivity index (χ2n) is 5.83. The van der Waals surface area contributed by atoms with Crippen LogP contribution in [0.15, 0.2) is 0 Å². The molecule has 0 rings (SSSR count). The molecule has 0 saturated heterocycles. The summed E-state index contributed by atoms with van der Waals surface area (Å²) in [5.41, 5.74) is 5.38. The summed E-state index contributed by atoms with van der Waals surface area (Å²) in [6, 6.07) is -3.11. The molecule has 0 aliphatic heterocycles. The summed E-state index contributed by atoms with van der Waals surface area (Å²) in [7, 11) is 0. The second kappa shape index (κ2) is 10.6. The third-order valence-corrected chi connectivity index (χ3v) is 2.98. The van der Waals surface area contributed by atoms with Gasteiger partial charge in [0.25, 0.3) is 0 Å². The van der Waals surface area contributed by atoms with Gasteiger partial charge in [-0.3, -0.25) is 19.2 Å². The number of rotatable bonds is 10. The minimum atomic E-state index is -1.26. The summed E-state index contributed by atoms with van der Waals surface area (Å²) in [4.78, 5) is 46.2. The van der Waals surface area contributed by atoms with E-state index >= 15 is 0 Å². The van der Waals surface area contributed by atoms with E-state index in [0.29, 0.717) is 0 Å². The zero-order chi connectivity index (χ0) is 18.9. The van der Waals surface area contributed by atoms with Gasteiger partial charge in [-0.1, -0.05) is 13.8 Å². The van der Waals surface area contributed by atoms with Gasteiger partial charge in [0.1, 0.15) is 18.6 Å². The summed E-state index contributed by atoms with van der Waals surface area (Å²) >= 11 is 0. The van der Waals surface area contributed by atoms with Crippen molar-refractivity contribution >= 4 is 23.7 Å². The first-order chi connectivity index (χ1) is 11.1. The first-order valence-electron chi connectivity index (χ1n) is 7.55. The Bertz CT molecular complexity index is 466. The first-order valence-corrected chi connectivity index (χ1v) is 7.55. The summed E-state index contributed by atoms with van der Waals surface area (Å²) < 4.78 is 0. The zero-order valence-electron chi connectivity index (χ0n) is 14.0. The molecule has 10 heteroatoms. The van der Waals surface area contributed by atoms with Gasteiger partial charge in [-0.15, -0.1) is 0 Å². The van der Waals surface area contributed by atoms with Crippen LogP contribution in [0.25, 0.3) is 0 Å². The lowest BCUT2D eigenvalue weighted by molar-refractivity contribution is -0.138. The fraction of sp³-hybridized carbons (Fsp3) is 0.714. The van der Waals surface area contributed by atoms with Crippen LogP contribution in [0.2, 0.25) is 0 Å². The third-order valence-electron chi connectivity index (χ3n) is 2.98. The van der Waals surface area contributed by atoms with Crippen molar-refractivity contribution in [3.05, 3.63) is 0 Å². The summed E-state index contributed by atoms with van der Waals surface area (Å²) in [6.07, 6.45) is 0.260. The van der Waals surface area contributed by atoms with Crippen LogP contribution in [-0.2, 0) is 19.2 Å². The van der Waals surface area contributed by atoms with E-state index in [4.69, 9.17) is 10.8 Å². The molecule has 138 valence electrons. The smallest absolute Gasteiger partial charge is 0.322 e. The molecule has 0 heterocycles. The molecule has 0 bridgehead atoms. The Labute approximate surface area is 140 Å².